The van der Waals surface area contributed by atoms with E-state index in [0.717, 1.165) is 35.4 Å². The SMILES string of the molecule is COc1cc(C)c([N+]2([O-])CCCCC2)c(C)c1. The van der Waals surface area contributed by atoms with Crippen LogP contribution in [0.2, 0.25) is 0 Å². The number of hydrogen-bond acceptors (Lipinski definition) is 2. The van der Waals surface area contributed by atoms with Gasteiger partial charge in [-0.25, -0.2) is 0 Å². The van der Waals surface area contributed by atoms with Crippen LogP contribution >= 0.6 is 0 Å². The number of hydrogen-bond donors (Lipinski definition) is 0. The molecule has 17 heavy (non-hydrogen) atoms. The predicted octanol–water partition coefficient (Wildman–Crippen LogP) is 3.30. The van der Waals surface area contributed by atoms with Crippen LogP contribution in [-0.2, 0) is 0 Å². The summed E-state index contributed by atoms with van der Waals surface area (Å²) in [4.78, 5) is 0. The third-order valence-corrected chi connectivity index (χ3v) is 3.65. The Morgan fingerprint density at radius 2 is 1.59 bits per heavy atom. The van der Waals surface area contributed by atoms with Gasteiger partial charge in [-0.15, -0.1) is 0 Å². The summed E-state index contributed by atoms with van der Waals surface area (Å²) >= 11 is 0. The van der Waals surface area contributed by atoms with Gasteiger partial charge in [0.2, 0.25) is 0 Å². The highest BCUT2D eigenvalue weighted by atomic mass is 16.5. The number of piperidine rings is 1. The molecule has 0 aromatic heterocycles. The summed E-state index contributed by atoms with van der Waals surface area (Å²) in [6.07, 6.45) is 3.26. The first-order valence-electron chi connectivity index (χ1n) is 6.31. The number of ether oxygens (including phenoxy) is 1. The van der Waals surface area contributed by atoms with Crippen molar-refractivity contribution in [3.8, 4) is 5.75 Å². The van der Waals surface area contributed by atoms with Gasteiger partial charge in [-0.1, -0.05) is 0 Å². The maximum atomic E-state index is 12.9. The molecule has 94 valence electrons. The minimum absolute atomic E-state index is 0.151. The summed E-state index contributed by atoms with van der Waals surface area (Å²) in [6, 6.07) is 3.93. The van der Waals surface area contributed by atoms with Crippen molar-refractivity contribution < 1.29 is 4.74 Å². The molecule has 0 atom stereocenters. The number of nitrogens with zero attached hydrogens (tertiary/aromatic N) is 1. The molecule has 1 aliphatic rings. The van der Waals surface area contributed by atoms with Crippen molar-refractivity contribution in [1.29, 1.82) is 0 Å². The summed E-state index contributed by atoms with van der Waals surface area (Å²) in [6.45, 7) is 5.46. The third kappa shape index (κ3) is 2.31. The molecule has 3 heteroatoms. The lowest BCUT2D eigenvalue weighted by Gasteiger charge is -2.46. The van der Waals surface area contributed by atoms with E-state index in [1.54, 1.807) is 7.11 Å². The molecule has 0 unspecified atom stereocenters. The minimum atomic E-state index is -0.151. The van der Waals surface area contributed by atoms with Gasteiger partial charge < -0.3 is 14.6 Å². The van der Waals surface area contributed by atoms with Gasteiger partial charge in [-0.2, -0.15) is 0 Å². The number of rotatable bonds is 2. The number of hydroxylamine groups is 2. The summed E-state index contributed by atoms with van der Waals surface area (Å²) in [5.74, 6) is 0.840. The van der Waals surface area contributed by atoms with Gasteiger partial charge in [0.15, 0.2) is 0 Å². The highest BCUT2D eigenvalue weighted by molar-refractivity contribution is 5.59. The molecule has 1 aromatic rings. The van der Waals surface area contributed by atoms with Crippen LogP contribution < -0.4 is 9.38 Å². The lowest BCUT2D eigenvalue weighted by atomic mass is 10.0. The molecule has 1 heterocycles. The first kappa shape index (κ1) is 12.4. The second-order valence-corrected chi connectivity index (χ2v) is 5.01. The van der Waals surface area contributed by atoms with Gasteiger partial charge >= 0.3 is 0 Å². The summed E-state index contributed by atoms with van der Waals surface area (Å²) in [5.41, 5.74) is 3.06. The van der Waals surface area contributed by atoms with E-state index < -0.39 is 0 Å². The Hall–Kier alpha value is -1.06. The van der Waals surface area contributed by atoms with Gasteiger partial charge in [0.05, 0.1) is 20.2 Å². The van der Waals surface area contributed by atoms with Crippen molar-refractivity contribution in [1.82, 2.24) is 4.65 Å². The zero-order chi connectivity index (χ0) is 12.5. The van der Waals surface area contributed by atoms with Crippen molar-refractivity contribution in [2.24, 2.45) is 0 Å². The fourth-order valence-electron chi connectivity index (χ4n) is 2.92. The van der Waals surface area contributed by atoms with Crippen LogP contribution in [0.4, 0.5) is 5.69 Å². The molecule has 2 rings (SSSR count). The van der Waals surface area contributed by atoms with E-state index in [9.17, 15) is 5.21 Å². The largest absolute Gasteiger partial charge is 0.627 e. The highest BCUT2D eigenvalue weighted by Gasteiger charge is 2.27. The van der Waals surface area contributed by atoms with Crippen LogP contribution in [0.1, 0.15) is 30.4 Å². The Balaban J connectivity index is 2.44. The average Bonchev–Trinajstić information content (AvgIpc) is 2.28. The molecular formula is C14H21NO2. The zero-order valence-electron chi connectivity index (χ0n) is 11.0. The Morgan fingerprint density at radius 3 is 2.06 bits per heavy atom. The van der Waals surface area contributed by atoms with E-state index in [4.69, 9.17) is 4.74 Å². The lowest BCUT2D eigenvalue weighted by Crippen LogP contribution is -2.48. The van der Waals surface area contributed by atoms with Crippen LogP contribution in [0.15, 0.2) is 12.1 Å². The second-order valence-electron chi connectivity index (χ2n) is 5.01. The number of methoxy groups -OCH3 is 1. The Bertz CT molecular complexity index is 386. The van der Waals surface area contributed by atoms with Crippen molar-refractivity contribution in [3.05, 3.63) is 28.5 Å². The van der Waals surface area contributed by atoms with Crippen LogP contribution in [0, 0.1) is 19.1 Å². The fourth-order valence-corrected chi connectivity index (χ4v) is 2.92. The molecule has 1 aromatic carbocycles. The predicted molar refractivity (Wildman–Crippen MR) is 71.2 cm³/mol. The van der Waals surface area contributed by atoms with E-state index in [0.29, 0.717) is 13.1 Å². The first-order valence-corrected chi connectivity index (χ1v) is 6.31. The van der Waals surface area contributed by atoms with Crippen LogP contribution in [0.5, 0.6) is 5.75 Å². The lowest BCUT2D eigenvalue weighted by molar-refractivity contribution is 0.304. The molecule has 0 radical (unpaired) electrons. The molecule has 0 bridgehead atoms. The topological polar surface area (TPSA) is 32.3 Å². The number of aryl methyl sites for hydroxylation is 2. The molecular weight excluding hydrogens is 214 g/mol. The fraction of sp³-hybridized carbons (Fsp3) is 0.571. The van der Waals surface area contributed by atoms with Gasteiger partial charge in [-0.05, 0) is 45.2 Å². The highest BCUT2D eigenvalue weighted by Crippen LogP contribution is 2.36. The van der Waals surface area contributed by atoms with E-state index >= 15 is 0 Å². The average molecular weight is 235 g/mol. The molecule has 1 saturated heterocycles. The smallest absolute Gasteiger partial charge is 0.138 e. The van der Waals surface area contributed by atoms with Crippen molar-refractivity contribution in [3.63, 3.8) is 0 Å². The quantitative estimate of drug-likeness (QED) is 0.582. The molecule has 0 amide bonds. The summed E-state index contributed by atoms with van der Waals surface area (Å²) in [7, 11) is 1.66. The van der Waals surface area contributed by atoms with E-state index in [1.807, 2.05) is 26.0 Å². The summed E-state index contributed by atoms with van der Waals surface area (Å²) in [5, 5.41) is 12.9. The monoisotopic (exact) mass is 235 g/mol. The molecule has 0 spiro atoms. The van der Waals surface area contributed by atoms with Crippen molar-refractivity contribution >= 4 is 5.69 Å². The Morgan fingerprint density at radius 1 is 1.06 bits per heavy atom. The number of quaternary nitrogens is 1. The Labute approximate surface area is 103 Å². The standard InChI is InChI=1S/C14H21NO2/c1-11-9-13(17-3)10-12(2)14(11)15(16)7-5-4-6-8-15/h9-10H,4-8H2,1-3H3. The first-order chi connectivity index (χ1) is 8.07. The zero-order valence-corrected chi connectivity index (χ0v) is 11.0. The van der Waals surface area contributed by atoms with E-state index in [-0.39, 0.29) is 4.65 Å². The molecule has 0 N–H and O–H groups in total. The molecule has 1 aliphatic heterocycles. The van der Waals surface area contributed by atoms with Crippen molar-refractivity contribution in [2.45, 2.75) is 33.1 Å². The molecule has 3 nitrogen and oxygen atoms in total. The maximum Gasteiger partial charge on any atom is 0.138 e. The Kier molecular flexibility index (Phi) is 3.40. The maximum absolute atomic E-state index is 12.9. The van der Waals surface area contributed by atoms with Gasteiger partial charge in [0.1, 0.15) is 11.4 Å². The number of benzene rings is 1. The van der Waals surface area contributed by atoms with Crippen LogP contribution in [0.3, 0.4) is 0 Å². The summed E-state index contributed by atoms with van der Waals surface area (Å²) < 4.78 is 5.09. The van der Waals surface area contributed by atoms with Gasteiger partial charge in [0.25, 0.3) is 0 Å². The van der Waals surface area contributed by atoms with E-state index in [1.165, 1.54) is 6.42 Å². The minimum Gasteiger partial charge on any atom is -0.627 e. The van der Waals surface area contributed by atoms with Crippen LogP contribution in [0.25, 0.3) is 0 Å². The van der Waals surface area contributed by atoms with Crippen LogP contribution in [-0.4, -0.2) is 20.2 Å². The van der Waals surface area contributed by atoms with Gasteiger partial charge in [-0.3, -0.25) is 0 Å². The molecule has 1 fully saturated rings. The molecule has 0 saturated carbocycles. The second kappa shape index (κ2) is 4.67. The third-order valence-electron chi connectivity index (χ3n) is 3.65. The molecule has 0 aliphatic carbocycles. The normalized spacial score (nSPS) is 19.1. The van der Waals surface area contributed by atoms with Gasteiger partial charge in [0, 0.05) is 11.1 Å². The van der Waals surface area contributed by atoms with E-state index in [2.05, 4.69) is 0 Å². The van der Waals surface area contributed by atoms with Crippen molar-refractivity contribution in [2.75, 3.05) is 20.2 Å².